The van der Waals surface area contributed by atoms with E-state index in [1.54, 1.807) is 0 Å². The van der Waals surface area contributed by atoms with Crippen LogP contribution in [0.2, 0.25) is 0 Å². The topological polar surface area (TPSA) is 52.7 Å². The normalized spacial score (nSPS) is 13.7. The van der Waals surface area contributed by atoms with Crippen LogP contribution in [0.25, 0.3) is 6.08 Å². The molecule has 0 saturated carbocycles. The van der Waals surface area contributed by atoms with Gasteiger partial charge < -0.3 is 15.1 Å². The van der Waals surface area contributed by atoms with Crippen molar-refractivity contribution in [1.82, 2.24) is 5.32 Å². The molecule has 0 aromatic heterocycles. The highest BCUT2D eigenvalue weighted by Gasteiger charge is 2.29. The number of amides is 2. The highest BCUT2D eigenvalue weighted by Crippen LogP contribution is 2.42. The Balaban J connectivity index is 1.28. The van der Waals surface area contributed by atoms with Crippen LogP contribution < -0.4 is 15.1 Å². The molecular formula is C35H35N3O2S. The lowest BCUT2D eigenvalue weighted by Gasteiger charge is -2.31. The van der Waals surface area contributed by atoms with E-state index in [2.05, 4.69) is 67.4 Å². The Labute approximate surface area is 246 Å². The lowest BCUT2D eigenvalue weighted by atomic mass is 10.0. The minimum Gasteiger partial charge on any atom is -0.370 e. The first-order valence-corrected chi connectivity index (χ1v) is 14.8. The molecule has 4 aromatic rings. The number of anilines is 2. The molecule has 1 aliphatic heterocycles. The molecule has 0 aliphatic carbocycles. The molecule has 1 heterocycles. The monoisotopic (exact) mass is 561 g/mol. The van der Waals surface area contributed by atoms with E-state index in [0.717, 1.165) is 40.5 Å². The van der Waals surface area contributed by atoms with Gasteiger partial charge in [0, 0.05) is 35.8 Å². The van der Waals surface area contributed by atoms with Gasteiger partial charge in [0.05, 0.1) is 17.1 Å². The van der Waals surface area contributed by atoms with Crippen molar-refractivity contribution in [2.45, 2.75) is 32.2 Å². The van der Waals surface area contributed by atoms with Crippen LogP contribution in [-0.4, -0.2) is 31.4 Å². The molecule has 0 bridgehead atoms. The summed E-state index contributed by atoms with van der Waals surface area (Å²) < 4.78 is 0. The van der Waals surface area contributed by atoms with Gasteiger partial charge in [-0.1, -0.05) is 78.0 Å². The van der Waals surface area contributed by atoms with E-state index >= 15 is 0 Å². The van der Waals surface area contributed by atoms with Crippen LogP contribution in [0.1, 0.15) is 39.5 Å². The second-order valence-corrected chi connectivity index (χ2v) is 11.3. The van der Waals surface area contributed by atoms with E-state index < -0.39 is 0 Å². The average molecular weight is 562 g/mol. The fraction of sp³-hybridized carbons (Fsp3) is 0.200. The van der Waals surface area contributed by atoms with Gasteiger partial charge in [0.15, 0.2) is 0 Å². The number of benzene rings is 4. The quantitative estimate of drug-likeness (QED) is 0.219. The van der Waals surface area contributed by atoms with E-state index in [0.29, 0.717) is 23.6 Å². The lowest BCUT2D eigenvalue weighted by Crippen LogP contribution is -2.34. The fourth-order valence-electron chi connectivity index (χ4n) is 4.96. The second kappa shape index (κ2) is 12.9. The van der Waals surface area contributed by atoms with Crippen LogP contribution in [-0.2, 0) is 11.3 Å². The maximum atomic E-state index is 13.7. The Hall–Kier alpha value is -4.29. The van der Waals surface area contributed by atoms with E-state index in [1.165, 1.54) is 22.9 Å². The number of carbonyl (C=O) groups is 2. The molecule has 0 unspecified atom stereocenters. The molecule has 0 spiro atoms. The summed E-state index contributed by atoms with van der Waals surface area (Å²) in [5, 5.41) is 3.03. The molecule has 0 fully saturated rings. The van der Waals surface area contributed by atoms with Crippen LogP contribution in [0.3, 0.4) is 0 Å². The van der Waals surface area contributed by atoms with Crippen LogP contribution in [0.15, 0.2) is 107 Å². The number of likely N-dealkylation sites (N-methyl/N-ethyl adjacent to an activating group) is 1. The van der Waals surface area contributed by atoms with Gasteiger partial charge in [-0.2, -0.15) is 0 Å². The van der Waals surface area contributed by atoms with Crippen molar-refractivity contribution in [3.05, 3.63) is 130 Å². The Bertz CT molecular complexity index is 1560. The minimum atomic E-state index is -0.106. The number of para-hydroxylation sites is 2. The van der Waals surface area contributed by atoms with Crippen molar-refractivity contribution in [3.8, 4) is 0 Å². The Morgan fingerprint density at radius 2 is 1.66 bits per heavy atom. The van der Waals surface area contributed by atoms with Gasteiger partial charge in [-0.05, 0) is 79.9 Å². The molecule has 0 atom stereocenters. The first kappa shape index (κ1) is 28.2. The average Bonchev–Trinajstić information content (AvgIpc) is 3.00. The largest absolute Gasteiger partial charge is 0.370 e. The molecular weight excluding hydrogens is 526 g/mol. The summed E-state index contributed by atoms with van der Waals surface area (Å²) in [6, 6.07) is 32.0. The molecule has 0 radical (unpaired) electrons. The minimum absolute atomic E-state index is 0.0182. The summed E-state index contributed by atoms with van der Waals surface area (Å²) in [5.74, 6) is -0.125. The summed E-state index contributed by atoms with van der Waals surface area (Å²) in [7, 11) is 0. The summed E-state index contributed by atoms with van der Waals surface area (Å²) in [6.07, 6.45) is 1.92. The number of nitrogens with one attached hydrogen (secondary N) is 1. The predicted octanol–water partition coefficient (Wildman–Crippen LogP) is 7.24. The van der Waals surface area contributed by atoms with E-state index in [-0.39, 0.29) is 11.8 Å². The summed E-state index contributed by atoms with van der Waals surface area (Å²) >= 11 is 1.49. The van der Waals surface area contributed by atoms with Gasteiger partial charge in [0.25, 0.3) is 11.8 Å². The number of hydrogen-bond acceptors (Lipinski definition) is 4. The first-order valence-electron chi connectivity index (χ1n) is 14.0. The number of carbonyl (C=O) groups excluding carboxylic acids is 2. The van der Waals surface area contributed by atoms with Crippen molar-refractivity contribution in [2.24, 2.45) is 0 Å². The van der Waals surface area contributed by atoms with Crippen LogP contribution in [0, 0.1) is 13.8 Å². The zero-order valence-corrected chi connectivity index (χ0v) is 24.6. The van der Waals surface area contributed by atoms with Crippen LogP contribution >= 0.6 is 11.8 Å². The SMILES string of the molecule is CCN(CCNC(=O)c1ccc(/C=C2\Sc3ccccc3N(Cc3cc(C)ccc3C)C2=O)cc1)c1ccccc1. The van der Waals surface area contributed by atoms with E-state index in [4.69, 9.17) is 0 Å². The molecule has 1 aliphatic rings. The van der Waals surface area contributed by atoms with Gasteiger partial charge in [-0.25, -0.2) is 0 Å². The number of aryl methyl sites for hydroxylation is 2. The Morgan fingerprint density at radius 1 is 0.927 bits per heavy atom. The molecule has 4 aromatic carbocycles. The number of hydrogen-bond donors (Lipinski definition) is 1. The van der Waals surface area contributed by atoms with E-state index in [9.17, 15) is 9.59 Å². The summed E-state index contributed by atoms with van der Waals surface area (Å²) in [5.41, 5.74) is 7.04. The molecule has 41 heavy (non-hydrogen) atoms. The maximum Gasteiger partial charge on any atom is 0.265 e. The molecule has 6 heteroatoms. The van der Waals surface area contributed by atoms with Gasteiger partial charge in [-0.15, -0.1) is 0 Å². The second-order valence-electron chi connectivity index (χ2n) is 10.2. The highest BCUT2D eigenvalue weighted by atomic mass is 32.2. The lowest BCUT2D eigenvalue weighted by molar-refractivity contribution is -0.114. The van der Waals surface area contributed by atoms with E-state index in [1.807, 2.05) is 71.6 Å². The molecule has 1 N–H and O–H groups in total. The Kier molecular flexibility index (Phi) is 8.90. The zero-order chi connectivity index (χ0) is 28.8. The van der Waals surface area contributed by atoms with Crippen LogP contribution in [0.5, 0.6) is 0 Å². The number of fused-ring (bicyclic) bond motifs is 1. The maximum absolute atomic E-state index is 13.7. The third-order valence-corrected chi connectivity index (χ3v) is 8.38. The van der Waals surface area contributed by atoms with Crippen molar-refractivity contribution in [2.75, 3.05) is 29.4 Å². The fourth-order valence-corrected chi connectivity index (χ4v) is 6.02. The van der Waals surface area contributed by atoms with Crippen molar-refractivity contribution < 1.29 is 9.59 Å². The number of rotatable bonds is 9. The van der Waals surface area contributed by atoms with Crippen molar-refractivity contribution in [1.29, 1.82) is 0 Å². The first-order chi connectivity index (χ1) is 19.9. The third-order valence-electron chi connectivity index (χ3n) is 7.31. The molecule has 5 rings (SSSR count). The van der Waals surface area contributed by atoms with Crippen LogP contribution in [0.4, 0.5) is 11.4 Å². The van der Waals surface area contributed by atoms with Gasteiger partial charge in [0.2, 0.25) is 0 Å². The molecule has 208 valence electrons. The van der Waals surface area contributed by atoms with Gasteiger partial charge >= 0.3 is 0 Å². The van der Waals surface area contributed by atoms with Crippen molar-refractivity contribution >= 4 is 41.0 Å². The van der Waals surface area contributed by atoms with Crippen molar-refractivity contribution in [3.63, 3.8) is 0 Å². The predicted molar refractivity (Wildman–Crippen MR) is 170 cm³/mol. The standard InChI is InChI=1S/C35H35N3O2S/c1-4-37(30-10-6-5-7-11-30)21-20-36-34(39)28-18-16-27(17-19-28)23-33-35(40)38(31-12-8-9-13-32(31)41-33)24-29-22-25(2)14-15-26(29)3/h5-19,22-23H,4,20-21,24H2,1-3H3,(H,36,39)/b33-23-. The molecule has 2 amide bonds. The number of thioether (sulfide) groups is 1. The molecule has 0 saturated heterocycles. The summed E-state index contributed by atoms with van der Waals surface area (Å²) in [6.45, 7) is 8.93. The third kappa shape index (κ3) is 6.72. The zero-order valence-electron chi connectivity index (χ0n) is 23.8. The molecule has 5 nitrogen and oxygen atoms in total. The number of nitrogens with zero attached hydrogens (tertiary/aromatic N) is 2. The Morgan fingerprint density at radius 3 is 2.41 bits per heavy atom. The summed E-state index contributed by atoms with van der Waals surface area (Å²) in [4.78, 5) is 32.4. The highest BCUT2D eigenvalue weighted by molar-refractivity contribution is 8.04. The smallest absolute Gasteiger partial charge is 0.265 e. The van der Waals surface area contributed by atoms with Gasteiger partial charge in [-0.3, -0.25) is 9.59 Å². The van der Waals surface area contributed by atoms with Gasteiger partial charge in [0.1, 0.15) is 0 Å².